The van der Waals surface area contributed by atoms with E-state index in [0.717, 1.165) is 11.3 Å². The van der Waals surface area contributed by atoms with Gasteiger partial charge in [0.25, 0.3) is 5.91 Å². The molecule has 0 aliphatic rings. The summed E-state index contributed by atoms with van der Waals surface area (Å²) in [4.78, 5) is 11.6. The van der Waals surface area contributed by atoms with Gasteiger partial charge < -0.3 is 10.1 Å². The summed E-state index contributed by atoms with van der Waals surface area (Å²) in [5.41, 5.74) is 2.28. The molecule has 0 aliphatic heterocycles. The third kappa shape index (κ3) is 5.33. The zero-order valence-electron chi connectivity index (χ0n) is 12.6. The maximum Gasteiger partial charge on any atom is 0.257 e. The van der Waals surface area contributed by atoms with Gasteiger partial charge >= 0.3 is 0 Å². The normalized spacial score (nSPS) is 10.9. The van der Waals surface area contributed by atoms with Crippen molar-refractivity contribution in [1.29, 1.82) is 0 Å². The Morgan fingerprint density at radius 3 is 2.53 bits per heavy atom. The Morgan fingerprint density at radius 2 is 1.95 bits per heavy atom. The lowest BCUT2D eigenvalue weighted by molar-refractivity contribution is -0.123. The number of hydrogen-bond acceptors (Lipinski definition) is 2. The molecule has 1 amide bonds. The number of carbonyl (C=O) groups is 1. The molecule has 0 fully saturated rings. The highest BCUT2D eigenvalue weighted by Gasteiger charge is 2.07. The minimum absolute atomic E-state index is 0.0666. The van der Waals surface area contributed by atoms with Crippen molar-refractivity contribution in [2.45, 2.75) is 40.5 Å². The van der Waals surface area contributed by atoms with E-state index >= 15 is 0 Å². The van der Waals surface area contributed by atoms with E-state index in [2.05, 4.69) is 39.1 Å². The van der Waals surface area contributed by atoms with Crippen LogP contribution >= 0.6 is 0 Å². The summed E-state index contributed by atoms with van der Waals surface area (Å²) in [5.74, 6) is 1.64. The highest BCUT2D eigenvalue weighted by atomic mass is 16.5. The molecule has 0 saturated carbocycles. The zero-order chi connectivity index (χ0) is 14.4. The molecule has 1 aromatic rings. The van der Waals surface area contributed by atoms with Crippen LogP contribution in [0.5, 0.6) is 5.75 Å². The van der Waals surface area contributed by atoms with E-state index in [1.807, 2.05) is 19.1 Å². The van der Waals surface area contributed by atoms with Gasteiger partial charge in [-0.2, -0.15) is 0 Å². The van der Waals surface area contributed by atoms with Gasteiger partial charge in [-0.15, -0.1) is 0 Å². The Balaban J connectivity index is 2.57. The molecule has 0 radical (unpaired) electrons. The van der Waals surface area contributed by atoms with E-state index in [1.165, 1.54) is 5.56 Å². The quantitative estimate of drug-likeness (QED) is 0.855. The number of aryl methyl sites for hydroxylation is 1. The number of carbonyl (C=O) groups excluding carboxylic acids is 1. The summed E-state index contributed by atoms with van der Waals surface area (Å²) in [7, 11) is 0. The van der Waals surface area contributed by atoms with Crippen LogP contribution < -0.4 is 10.1 Å². The topological polar surface area (TPSA) is 38.3 Å². The second-order valence-electron chi connectivity index (χ2n) is 5.67. The molecule has 0 spiro atoms. The van der Waals surface area contributed by atoms with E-state index in [9.17, 15) is 4.79 Å². The first-order valence-corrected chi connectivity index (χ1v) is 6.90. The van der Waals surface area contributed by atoms with Crippen LogP contribution in [0, 0.1) is 12.8 Å². The second-order valence-corrected chi connectivity index (χ2v) is 5.67. The Kier molecular flexibility index (Phi) is 5.87. The molecular formula is C16H25NO2. The van der Waals surface area contributed by atoms with Crippen molar-refractivity contribution in [3.63, 3.8) is 0 Å². The van der Waals surface area contributed by atoms with E-state index in [1.54, 1.807) is 0 Å². The predicted molar refractivity (Wildman–Crippen MR) is 78.6 cm³/mol. The average Bonchev–Trinajstić information content (AvgIpc) is 2.35. The molecule has 19 heavy (non-hydrogen) atoms. The van der Waals surface area contributed by atoms with Crippen LogP contribution in [0.3, 0.4) is 0 Å². The van der Waals surface area contributed by atoms with E-state index < -0.39 is 0 Å². The largest absolute Gasteiger partial charge is 0.483 e. The minimum Gasteiger partial charge on any atom is -0.483 e. The standard InChI is InChI=1S/C16H25NO2/c1-11(2)9-17-16(18)10-19-15-8-14(12(3)4)7-6-13(15)5/h6-8,11-12H,9-10H2,1-5H3,(H,17,18). The third-order valence-electron chi connectivity index (χ3n) is 2.95. The smallest absolute Gasteiger partial charge is 0.257 e. The van der Waals surface area contributed by atoms with Gasteiger partial charge in [0, 0.05) is 6.54 Å². The van der Waals surface area contributed by atoms with Crippen molar-refractivity contribution in [1.82, 2.24) is 5.32 Å². The highest BCUT2D eigenvalue weighted by molar-refractivity contribution is 5.77. The van der Waals surface area contributed by atoms with Gasteiger partial charge in [0.15, 0.2) is 6.61 Å². The summed E-state index contributed by atoms with van der Waals surface area (Å²) in [6.45, 7) is 11.2. The lowest BCUT2D eigenvalue weighted by atomic mass is 10.0. The Labute approximate surface area is 116 Å². The van der Waals surface area contributed by atoms with Crippen LogP contribution in [0.25, 0.3) is 0 Å². The first-order valence-electron chi connectivity index (χ1n) is 6.90. The Hall–Kier alpha value is -1.51. The molecule has 0 bridgehead atoms. The number of amides is 1. The molecule has 0 saturated heterocycles. The van der Waals surface area contributed by atoms with Crippen LogP contribution in [-0.4, -0.2) is 19.1 Å². The second kappa shape index (κ2) is 7.17. The third-order valence-corrected chi connectivity index (χ3v) is 2.95. The molecule has 106 valence electrons. The molecule has 3 nitrogen and oxygen atoms in total. The number of ether oxygens (including phenoxy) is 1. The van der Waals surface area contributed by atoms with Crippen LogP contribution in [0.1, 0.15) is 44.7 Å². The van der Waals surface area contributed by atoms with Crippen LogP contribution in [0.4, 0.5) is 0 Å². The first kappa shape index (κ1) is 15.5. The van der Waals surface area contributed by atoms with E-state index in [4.69, 9.17) is 4.74 Å². The van der Waals surface area contributed by atoms with Gasteiger partial charge in [0.05, 0.1) is 0 Å². The first-order chi connectivity index (χ1) is 8.90. The molecule has 1 rings (SSSR count). The molecule has 0 aromatic heterocycles. The van der Waals surface area contributed by atoms with Crippen LogP contribution in [0.15, 0.2) is 18.2 Å². The molecule has 0 unspecified atom stereocenters. The van der Waals surface area contributed by atoms with Crippen molar-refractivity contribution >= 4 is 5.91 Å². The van der Waals surface area contributed by atoms with Gasteiger partial charge in [0.1, 0.15) is 5.75 Å². The number of rotatable bonds is 6. The number of benzene rings is 1. The summed E-state index contributed by atoms with van der Waals surface area (Å²) in [5, 5.41) is 2.85. The fourth-order valence-corrected chi connectivity index (χ4v) is 1.64. The Morgan fingerprint density at radius 1 is 1.26 bits per heavy atom. The average molecular weight is 263 g/mol. The molecule has 1 aromatic carbocycles. The van der Waals surface area contributed by atoms with Crippen molar-refractivity contribution in [2.24, 2.45) is 5.92 Å². The summed E-state index contributed by atoms with van der Waals surface area (Å²) in [6, 6.07) is 6.16. The highest BCUT2D eigenvalue weighted by Crippen LogP contribution is 2.24. The van der Waals surface area contributed by atoms with Crippen LogP contribution in [-0.2, 0) is 4.79 Å². The SMILES string of the molecule is Cc1ccc(C(C)C)cc1OCC(=O)NCC(C)C. The molecule has 0 atom stereocenters. The summed E-state index contributed by atoms with van der Waals surface area (Å²) in [6.07, 6.45) is 0. The molecule has 0 heterocycles. The van der Waals surface area contributed by atoms with E-state index in [-0.39, 0.29) is 12.5 Å². The predicted octanol–water partition coefficient (Wildman–Crippen LogP) is 3.27. The number of hydrogen-bond donors (Lipinski definition) is 1. The van der Waals surface area contributed by atoms with Gasteiger partial charge in [0.2, 0.25) is 0 Å². The lowest BCUT2D eigenvalue weighted by Crippen LogP contribution is -2.31. The van der Waals surface area contributed by atoms with Crippen molar-refractivity contribution in [3.05, 3.63) is 29.3 Å². The minimum atomic E-state index is -0.0666. The molecule has 3 heteroatoms. The van der Waals surface area contributed by atoms with Crippen molar-refractivity contribution in [2.75, 3.05) is 13.2 Å². The molecule has 0 aliphatic carbocycles. The van der Waals surface area contributed by atoms with E-state index in [0.29, 0.717) is 18.4 Å². The fraction of sp³-hybridized carbons (Fsp3) is 0.562. The monoisotopic (exact) mass is 263 g/mol. The lowest BCUT2D eigenvalue weighted by Gasteiger charge is -2.13. The van der Waals surface area contributed by atoms with Crippen LogP contribution in [0.2, 0.25) is 0 Å². The zero-order valence-corrected chi connectivity index (χ0v) is 12.6. The number of nitrogens with one attached hydrogen (secondary N) is 1. The maximum atomic E-state index is 11.6. The summed E-state index contributed by atoms with van der Waals surface area (Å²) >= 11 is 0. The maximum absolute atomic E-state index is 11.6. The molecule has 1 N–H and O–H groups in total. The van der Waals surface area contributed by atoms with Gasteiger partial charge in [-0.1, -0.05) is 39.8 Å². The summed E-state index contributed by atoms with van der Waals surface area (Å²) < 4.78 is 5.61. The van der Waals surface area contributed by atoms with Gasteiger partial charge in [-0.05, 0) is 36.0 Å². The van der Waals surface area contributed by atoms with Crippen molar-refractivity contribution in [3.8, 4) is 5.75 Å². The van der Waals surface area contributed by atoms with Gasteiger partial charge in [-0.3, -0.25) is 4.79 Å². The van der Waals surface area contributed by atoms with Gasteiger partial charge in [-0.25, -0.2) is 0 Å². The Bertz CT molecular complexity index is 425. The fourth-order valence-electron chi connectivity index (χ4n) is 1.64. The molecular weight excluding hydrogens is 238 g/mol. The van der Waals surface area contributed by atoms with Crippen molar-refractivity contribution < 1.29 is 9.53 Å².